The van der Waals surface area contributed by atoms with Crippen LogP contribution in [-0.4, -0.2) is 0 Å². The summed E-state index contributed by atoms with van der Waals surface area (Å²) in [5.41, 5.74) is 10.5. The van der Waals surface area contributed by atoms with Gasteiger partial charge in [-0.3, -0.25) is 0 Å². The first-order valence-electron chi connectivity index (χ1n) is 5.42. The highest BCUT2D eigenvalue weighted by molar-refractivity contribution is 5.94. The molecule has 0 aromatic heterocycles. The highest BCUT2D eigenvalue weighted by atomic mass is 15.1. The third kappa shape index (κ3) is 1.86. The molecule has 0 bridgehead atoms. The molecular formula is C13H13N3. The van der Waals surface area contributed by atoms with Crippen molar-refractivity contribution in [2.45, 2.75) is 19.8 Å². The minimum atomic E-state index is 0.706. The molecule has 0 aliphatic carbocycles. The maximum absolute atomic E-state index is 8.51. The average molecular weight is 211 g/mol. The summed E-state index contributed by atoms with van der Waals surface area (Å²) in [6, 6.07) is 12.0. The number of hydrogen-bond donors (Lipinski definition) is 0. The Balaban J connectivity index is 2.71. The molecule has 0 unspecified atom stereocenters. The Bertz CT molecular complexity index is 554. The van der Waals surface area contributed by atoms with E-state index in [2.05, 4.69) is 29.1 Å². The minimum Gasteiger partial charge on any atom is -0.0651 e. The molecule has 0 radical (unpaired) electrons. The van der Waals surface area contributed by atoms with Gasteiger partial charge >= 0.3 is 0 Å². The molecule has 2 aromatic carbocycles. The molecule has 0 N–H and O–H groups in total. The summed E-state index contributed by atoms with van der Waals surface area (Å²) < 4.78 is 0. The van der Waals surface area contributed by atoms with E-state index >= 15 is 0 Å². The summed E-state index contributed by atoms with van der Waals surface area (Å²) >= 11 is 0. The smallest absolute Gasteiger partial charge is 0.0453 e. The second-order valence-electron chi connectivity index (χ2n) is 3.73. The van der Waals surface area contributed by atoms with E-state index in [0.29, 0.717) is 5.69 Å². The third-order valence-corrected chi connectivity index (χ3v) is 2.66. The molecule has 0 aliphatic heterocycles. The molecule has 0 aliphatic rings. The lowest BCUT2D eigenvalue weighted by molar-refractivity contribution is 0.929. The average Bonchev–Trinajstić information content (AvgIpc) is 2.33. The Hall–Kier alpha value is -1.99. The zero-order valence-corrected chi connectivity index (χ0v) is 9.22. The van der Waals surface area contributed by atoms with Gasteiger partial charge in [0.1, 0.15) is 0 Å². The number of fused-ring (bicyclic) bond motifs is 1. The SMILES string of the molecule is CCCc1ccc(N=[N+]=[N-])c2ccccc12. The largest absolute Gasteiger partial charge is 0.0651 e. The molecule has 3 nitrogen and oxygen atoms in total. The number of azide groups is 1. The van der Waals surface area contributed by atoms with Crippen molar-refractivity contribution in [1.82, 2.24) is 0 Å². The molecular weight excluding hydrogens is 198 g/mol. The van der Waals surface area contributed by atoms with Crippen LogP contribution in [0.3, 0.4) is 0 Å². The molecule has 0 saturated heterocycles. The molecule has 0 saturated carbocycles. The van der Waals surface area contributed by atoms with Crippen LogP contribution in [0.2, 0.25) is 0 Å². The quantitative estimate of drug-likeness (QED) is 0.400. The zero-order valence-electron chi connectivity index (χ0n) is 9.22. The molecule has 16 heavy (non-hydrogen) atoms. The second kappa shape index (κ2) is 4.69. The fraction of sp³-hybridized carbons (Fsp3) is 0.231. The van der Waals surface area contributed by atoms with Crippen LogP contribution >= 0.6 is 0 Å². The van der Waals surface area contributed by atoms with Crippen molar-refractivity contribution < 1.29 is 0 Å². The van der Waals surface area contributed by atoms with Gasteiger partial charge < -0.3 is 0 Å². The highest BCUT2D eigenvalue weighted by Gasteiger charge is 2.03. The van der Waals surface area contributed by atoms with E-state index < -0.39 is 0 Å². The lowest BCUT2D eigenvalue weighted by Gasteiger charge is -2.07. The van der Waals surface area contributed by atoms with E-state index in [1.165, 1.54) is 10.9 Å². The van der Waals surface area contributed by atoms with Crippen LogP contribution in [0.4, 0.5) is 5.69 Å². The van der Waals surface area contributed by atoms with Crippen LogP contribution in [-0.2, 0) is 6.42 Å². The van der Waals surface area contributed by atoms with Crippen molar-refractivity contribution in [3.8, 4) is 0 Å². The fourth-order valence-corrected chi connectivity index (χ4v) is 1.97. The van der Waals surface area contributed by atoms with Gasteiger partial charge in [0.2, 0.25) is 0 Å². The summed E-state index contributed by atoms with van der Waals surface area (Å²) in [7, 11) is 0. The normalized spacial score (nSPS) is 10.1. The van der Waals surface area contributed by atoms with Gasteiger partial charge in [-0.05, 0) is 28.3 Å². The fourth-order valence-electron chi connectivity index (χ4n) is 1.97. The summed E-state index contributed by atoms with van der Waals surface area (Å²) in [6.45, 7) is 2.16. The Morgan fingerprint density at radius 1 is 1.12 bits per heavy atom. The first kappa shape index (κ1) is 10.5. The lowest BCUT2D eigenvalue weighted by Crippen LogP contribution is -1.85. The van der Waals surface area contributed by atoms with Gasteiger partial charge in [-0.15, -0.1) is 0 Å². The maximum Gasteiger partial charge on any atom is 0.0453 e. The van der Waals surface area contributed by atoms with E-state index in [4.69, 9.17) is 5.53 Å². The van der Waals surface area contributed by atoms with Gasteiger partial charge in [0.15, 0.2) is 0 Å². The third-order valence-electron chi connectivity index (χ3n) is 2.66. The van der Waals surface area contributed by atoms with Crippen LogP contribution in [0, 0.1) is 0 Å². The van der Waals surface area contributed by atoms with Gasteiger partial charge in [0.05, 0.1) is 0 Å². The summed E-state index contributed by atoms with van der Waals surface area (Å²) in [5, 5.41) is 5.94. The van der Waals surface area contributed by atoms with Crippen LogP contribution in [0.5, 0.6) is 0 Å². The van der Waals surface area contributed by atoms with Gasteiger partial charge in [-0.1, -0.05) is 54.9 Å². The molecule has 2 rings (SSSR count). The molecule has 3 heteroatoms. The van der Waals surface area contributed by atoms with Crippen molar-refractivity contribution in [1.29, 1.82) is 0 Å². The van der Waals surface area contributed by atoms with E-state index in [0.717, 1.165) is 18.2 Å². The van der Waals surface area contributed by atoms with Crippen LogP contribution < -0.4 is 0 Å². The minimum absolute atomic E-state index is 0.706. The van der Waals surface area contributed by atoms with Gasteiger partial charge in [-0.2, -0.15) is 0 Å². The monoisotopic (exact) mass is 211 g/mol. The number of hydrogen-bond acceptors (Lipinski definition) is 1. The van der Waals surface area contributed by atoms with Gasteiger partial charge in [0, 0.05) is 10.6 Å². The highest BCUT2D eigenvalue weighted by Crippen LogP contribution is 2.29. The first-order valence-corrected chi connectivity index (χ1v) is 5.42. The van der Waals surface area contributed by atoms with Crippen LogP contribution in [0.1, 0.15) is 18.9 Å². The Labute approximate surface area is 94.3 Å². The van der Waals surface area contributed by atoms with Crippen molar-refractivity contribution in [2.24, 2.45) is 5.11 Å². The van der Waals surface area contributed by atoms with Crippen molar-refractivity contribution in [3.63, 3.8) is 0 Å². The van der Waals surface area contributed by atoms with E-state index in [9.17, 15) is 0 Å². The lowest BCUT2D eigenvalue weighted by atomic mass is 10.00. The molecule has 0 atom stereocenters. The van der Waals surface area contributed by atoms with E-state index in [1.54, 1.807) is 0 Å². The van der Waals surface area contributed by atoms with Crippen LogP contribution in [0.15, 0.2) is 41.5 Å². The molecule has 0 spiro atoms. The van der Waals surface area contributed by atoms with Gasteiger partial charge in [-0.25, -0.2) is 0 Å². The topological polar surface area (TPSA) is 48.8 Å². The molecule has 0 amide bonds. The van der Waals surface area contributed by atoms with Crippen LogP contribution in [0.25, 0.3) is 21.2 Å². The van der Waals surface area contributed by atoms with Crippen molar-refractivity contribution >= 4 is 16.5 Å². The Morgan fingerprint density at radius 3 is 2.56 bits per heavy atom. The second-order valence-corrected chi connectivity index (χ2v) is 3.73. The van der Waals surface area contributed by atoms with Gasteiger partial charge in [0.25, 0.3) is 0 Å². The molecule has 0 heterocycles. The van der Waals surface area contributed by atoms with E-state index in [1.807, 2.05) is 24.3 Å². The Morgan fingerprint density at radius 2 is 1.88 bits per heavy atom. The number of aryl methyl sites for hydroxylation is 1. The Kier molecular flexibility index (Phi) is 3.08. The summed E-state index contributed by atoms with van der Waals surface area (Å²) in [6.07, 6.45) is 2.17. The summed E-state index contributed by atoms with van der Waals surface area (Å²) in [5.74, 6) is 0. The predicted molar refractivity (Wildman–Crippen MR) is 66.7 cm³/mol. The zero-order chi connectivity index (χ0) is 11.4. The maximum atomic E-state index is 8.51. The first-order chi connectivity index (χ1) is 7.86. The summed E-state index contributed by atoms with van der Waals surface area (Å²) in [4.78, 5) is 2.86. The molecule has 0 fully saturated rings. The number of nitrogens with zero attached hydrogens (tertiary/aromatic N) is 3. The van der Waals surface area contributed by atoms with Crippen molar-refractivity contribution in [2.75, 3.05) is 0 Å². The molecule has 2 aromatic rings. The number of rotatable bonds is 3. The number of benzene rings is 2. The van der Waals surface area contributed by atoms with E-state index in [-0.39, 0.29) is 0 Å². The van der Waals surface area contributed by atoms with Crippen molar-refractivity contribution in [3.05, 3.63) is 52.4 Å². The standard InChI is InChI=1S/C13H13N3/c1-2-5-10-8-9-13(15-16-14)12-7-4-3-6-11(10)12/h3-4,6-9H,2,5H2,1H3. The molecule has 80 valence electrons. The predicted octanol–water partition coefficient (Wildman–Crippen LogP) is 4.73.